The van der Waals surface area contributed by atoms with E-state index >= 15 is 0 Å². The first-order valence-electron chi connectivity index (χ1n) is 14.7. The summed E-state index contributed by atoms with van der Waals surface area (Å²) in [6.07, 6.45) is 12.8. The molecule has 0 saturated heterocycles. The van der Waals surface area contributed by atoms with Gasteiger partial charge in [0.05, 0.1) is 24.3 Å². The van der Waals surface area contributed by atoms with Crippen LogP contribution in [0, 0.1) is 17.7 Å². The number of carbonyl (C=O) groups excluding carboxylic acids is 2. The van der Waals surface area contributed by atoms with Gasteiger partial charge in [0, 0.05) is 0 Å². The lowest BCUT2D eigenvalue weighted by Crippen LogP contribution is -2.13. The number of hydrogen-bond acceptors (Lipinski definition) is 5. The maximum absolute atomic E-state index is 14.5. The van der Waals surface area contributed by atoms with E-state index in [1.807, 2.05) is 0 Å². The molecule has 0 radical (unpaired) electrons. The molecule has 2 rings (SSSR count). The number of rotatable bonds is 19. The van der Waals surface area contributed by atoms with E-state index < -0.39 is 17.8 Å². The smallest absolute Gasteiger partial charge is 0.343 e. The molecule has 39 heavy (non-hydrogen) atoms. The highest BCUT2D eigenvalue weighted by Crippen LogP contribution is 2.21. The van der Waals surface area contributed by atoms with E-state index in [0.717, 1.165) is 31.7 Å². The lowest BCUT2D eigenvalue weighted by Gasteiger charge is -2.13. The standard InChI is InChI=1S/C33H47FO5/c1-5-6-7-8-9-10-11-12-22-37-31-21-18-28(23-30(31)34)33(36)39-29-19-16-27(17-20-29)32(35)38-24-26(4)15-13-14-25(2)3/h16-21,23,25-26H,5-15,22,24H2,1-4H3. The molecule has 0 N–H and O–H groups in total. The van der Waals surface area contributed by atoms with Gasteiger partial charge in [-0.15, -0.1) is 0 Å². The van der Waals surface area contributed by atoms with Crippen molar-refractivity contribution in [3.63, 3.8) is 0 Å². The number of benzene rings is 2. The zero-order valence-electron chi connectivity index (χ0n) is 24.3. The fourth-order valence-electron chi connectivity index (χ4n) is 4.25. The van der Waals surface area contributed by atoms with Crippen LogP contribution in [-0.4, -0.2) is 25.2 Å². The van der Waals surface area contributed by atoms with Gasteiger partial charge in [-0.2, -0.15) is 0 Å². The molecule has 216 valence electrons. The lowest BCUT2D eigenvalue weighted by atomic mass is 10.0. The quantitative estimate of drug-likeness (QED) is 0.101. The van der Waals surface area contributed by atoms with E-state index in [4.69, 9.17) is 14.2 Å². The topological polar surface area (TPSA) is 61.8 Å². The lowest BCUT2D eigenvalue weighted by molar-refractivity contribution is 0.0442. The fourth-order valence-corrected chi connectivity index (χ4v) is 4.25. The Balaban J connectivity index is 1.74. The molecule has 0 fully saturated rings. The van der Waals surface area contributed by atoms with Crippen LogP contribution in [0.4, 0.5) is 4.39 Å². The summed E-state index contributed by atoms with van der Waals surface area (Å²) in [7, 11) is 0. The molecule has 2 aromatic rings. The molecule has 0 amide bonds. The van der Waals surface area contributed by atoms with Crippen molar-refractivity contribution in [2.45, 2.75) is 98.3 Å². The third-order valence-electron chi connectivity index (χ3n) is 6.70. The molecule has 0 aliphatic carbocycles. The van der Waals surface area contributed by atoms with Gasteiger partial charge in [-0.1, -0.05) is 85.5 Å². The molecule has 0 spiro atoms. The Morgan fingerprint density at radius 2 is 1.41 bits per heavy atom. The summed E-state index contributed by atoms with van der Waals surface area (Å²) in [6, 6.07) is 10.2. The van der Waals surface area contributed by atoms with Gasteiger partial charge in [0.15, 0.2) is 11.6 Å². The summed E-state index contributed by atoms with van der Waals surface area (Å²) in [5.41, 5.74) is 0.468. The number of carbonyl (C=O) groups is 2. The van der Waals surface area contributed by atoms with E-state index in [1.165, 1.54) is 69.2 Å². The summed E-state index contributed by atoms with van der Waals surface area (Å²) in [4.78, 5) is 24.9. The molecule has 0 aliphatic heterocycles. The highest BCUT2D eigenvalue weighted by Gasteiger charge is 2.15. The van der Waals surface area contributed by atoms with E-state index in [2.05, 4.69) is 27.7 Å². The molecule has 5 nitrogen and oxygen atoms in total. The monoisotopic (exact) mass is 542 g/mol. The molecule has 0 heterocycles. The van der Waals surface area contributed by atoms with Gasteiger partial charge in [-0.25, -0.2) is 14.0 Å². The number of halogens is 1. The van der Waals surface area contributed by atoms with Crippen molar-refractivity contribution in [3.8, 4) is 11.5 Å². The highest BCUT2D eigenvalue weighted by molar-refractivity contribution is 5.92. The average Bonchev–Trinajstić information content (AvgIpc) is 2.91. The first-order valence-corrected chi connectivity index (χ1v) is 14.7. The minimum absolute atomic E-state index is 0.0851. The summed E-state index contributed by atoms with van der Waals surface area (Å²) < 4.78 is 30.8. The molecule has 0 aromatic heterocycles. The van der Waals surface area contributed by atoms with Gasteiger partial charge in [-0.3, -0.25) is 0 Å². The first-order chi connectivity index (χ1) is 18.8. The van der Waals surface area contributed by atoms with Crippen LogP contribution in [0.3, 0.4) is 0 Å². The van der Waals surface area contributed by atoms with Crippen LogP contribution in [0.25, 0.3) is 0 Å². The van der Waals surface area contributed by atoms with Crippen molar-refractivity contribution in [1.82, 2.24) is 0 Å². The summed E-state index contributed by atoms with van der Waals surface area (Å²) >= 11 is 0. The second-order valence-electron chi connectivity index (χ2n) is 10.9. The second-order valence-corrected chi connectivity index (χ2v) is 10.9. The van der Waals surface area contributed by atoms with E-state index in [-0.39, 0.29) is 17.1 Å². The van der Waals surface area contributed by atoms with Crippen LogP contribution >= 0.6 is 0 Å². The average molecular weight is 543 g/mol. The zero-order valence-corrected chi connectivity index (χ0v) is 24.3. The Kier molecular flexibility index (Phi) is 15.3. The summed E-state index contributed by atoms with van der Waals surface area (Å²) in [6.45, 7) is 9.51. The van der Waals surface area contributed by atoms with Crippen molar-refractivity contribution in [2.24, 2.45) is 11.8 Å². The van der Waals surface area contributed by atoms with Gasteiger partial charge in [-0.05, 0) is 67.1 Å². The third-order valence-corrected chi connectivity index (χ3v) is 6.70. The van der Waals surface area contributed by atoms with E-state index in [1.54, 1.807) is 12.1 Å². The van der Waals surface area contributed by atoms with Gasteiger partial charge in [0.25, 0.3) is 0 Å². The second kappa shape index (κ2) is 18.4. The summed E-state index contributed by atoms with van der Waals surface area (Å²) in [5.74, 6) is -0.326. The normalized spacial score (nSPS) is 11.8. The molecule has 6 heteroatoms. The maximum Gasteiger partial charge on any atom is 0.343 e. The van der Waals surface area contributed by atoms with Gasteiger partial charge >= 0.3 is 11.9 Å². The predicted octanol–water partition coefficient (Wildman–Crippen LogP) is 9.18. The fraction of sp³-hybridized carbons (Fsp3) is 0.576. The molecule has 1 unspecified atom stereocenters. The SMILES string of the molecule is CCCCCCCCCCOc1ccc(C(=O)Oc2ccc(C(=O)OCC(C)CCCC(C)C)cc2)cc1F. The first kappa shape index (κ1) is 32.3. The summed E-state index contributed by atoms with van der Waals surface area (Å²) in [5, 5.41) is 0. The third kappa shape index (κ3) is 13.1. The molecular weight excluding hydrogens is 495 g/mol. The maximum atomic E-state index is 14.5. The number of ether oxygens (including phenoxy) is 3. The molecule has 0 saturated carbocycles. The largest absolute Gasteiger partial charge is 0.491 e. The Labute approximate surface area is 234 Å². The van der Waals surface area contributed by atoms with Crippen LogP contribution < -0.4 is 9.47 Å². The minimum Gasteiger partial charge on any atom is -0.491 e. The van der Waals surface area contributed by atoms with E-state index in [9.17, 15) is 14.0 Å². The Hall–Kier alpha value is -2.89. The van der Waals surface area contributed by atoms with Gasteiger partial charge in [0.1, 0.15) is 5.75 Å². The molecule has 0 aliphatic rings. The molecular formula is C33H47FO5. The number of unbranched alkanes of at least 4 members (excludes halogenated alkanes) is 7. The zero-order chi connectivity index (χ0) is 28.5. The predicted molar refractivity (Wildman–Crippen MR) is 154 cm³/mol. The number of esters is 2. The van der Waals surface area contributed by atoms with Gasteiger partial charge < -0.3 is 14.2 Å². The van der Waals surface area contributed by atoms with Crippen LogP contribution in [0.2, 0.25) is 0 Å². The molecule has 0 bridgehead atoms. The van der Waals surface area contributed by atoms with Crippen molar-refractivity contribution >= 4 is 11.9 Å². The highest BCUT2D eigenvalue weighted by atomic mass is 19.1. The minimum atomic E-state index is -0.686. The van der Waals surface area contributed by atoms with Gasteiger partial charge in [0.2, 0.25) is 0 Å². The van der Waals surface area contributed by atoms with Crippen molar-refractivity contribution < 1.29 is 28.2 Å². The van der Waals surface area contributed by atoms with Crippen molar-refractivity contribution in [2.75, 3.05) is 13.2 Å². The Bertz CT molecular complexity index is 986. The molecule has 1 atom stereocenters. The van der Waals surface area contributed by atoms with Crippen molar-refractivity contribution in [1.29, 1.82) is 0 Å². The van der Waals surface area contributed by atoms with E-state index in [0.29, 0.717) is 30.6 Å². The van der Waals surface area contributed by atoms with Crippen LogP contribution in [0.5, 0.6) is 11.5 Å². The Morgan fingerprint density at radius 3 is 2.05 bits per heavy atom. The van der Waals surface area contributed by atoms with Crippen LogP contribution in [0.1, 0.15) is 119 Å². The molecule has 2 aromatic carbocycles. The van der Waals surface area contributed by atoms with Crippen LogP contribution in [0.15, 0.2) is 42.5 Å². The van der Waals surface area contributed by atoms with Crippen molar-refractivity contribution in [3.05, 3.63) is 59.4 Å². The number of hydrogen-bond donors (Lipinski definition) is 0. The Morgan fingerprint density at radius 1 is 0.769 bits per heavy atom. The van der Waals surface area contributed by atoms with Crippen LogP contribution in [-0.2, 0) is 4.74 Å².